The minimum Gasteiger partial charge on any atom is -0.313 e. The van der Waals surface area contributed by atoms with Gasteiger partial charge in [0.1, 0.15) is 12.4 Å². The highest BCUT2D eigenvalue weighted by molar-refractivity contribution is 7.09. The van der Waals surface area contributed by atoms with E-state index in [1.54, 1.807) is 6.07 Å². The predicted molar refractivity (Wildman–Crippen MR) is 60.8 cm³/mol. The van der Waals surface area contributed by atoms with E-state index < -0.39 is 13.0 Å². The lowest BCUT2D eigenvalue weighted by molar-refractivity contribution is 0.122. The Bertz CT molecular complexity index is 481. The van der Waals surface area contributed by atoms with Gasteiger partial charge >= 0.3 is 0 Å². The smallest absolute Gasteiger partial charge is 0.257 e. The molecule has 8 heteroatoms. The van der Waals surface area contributed by atoms with Crippen LogP contribution in [0.1, 0.15) is 12.7 Å². The Labute approximate surface area is 101 Å². The second-order valence-corrected chi connectivity index (χ2v) is 4.06. The number of halogens is 2. The molecule has 92 valence electrons. The molecule has 0 aliphatic carbocycles. The molecule has 17 heavy (non-hydrogen) atoms. The number of aryl methyl sites for hydroxylation is 1. The first kappa shape index (κ1) is 11.9. The van der Waals surface area contributed by atoms with Gasteiger partial charge in [0.05, 0.1) is 0 Å². The van der Waals surface area contributed by atoms with Crippen molar-refractivity contribution in [2.24, 2.45) is 0 Å². The van der Waals surface area contributed by atoms with Crippen LogP contribution in [0.15, 0.2) is 12.3 Å². The van der Waals surface area contributed by atoms with Crippen molar-refractivity contribution < 1.29 is 8.78 Å². The number of rotatable bonds is 5. The number of aromatic nitrogens is 4. The van der Waals surface area contributed by atoms with Crippen LogP contribution in [0.5, 0.6) is 0 Å². The number of hydrogen-bond donors (Lipinski definition) is 1. The van der Waals surface area contributed by atoms with Crippen LogP contribution >= 0.6 is 11.5 Å². The van der Waals surface area contributed by atoms with Gasteiger partial charge in [0.25, 0.3) is 6.43 Å². The third-order valence-electron chi connectivity index (χ3n) is 1.99. The van der Waals surface area contributed by atoms with Crippen LogP contribution in [0.3, 0.4) is 0 Å². The first-order valence-corrected chi connectivity index (χ1v) is 5.86. The summed E-state index contributed by atoms with van der Waals surface area (Å²) in [6.45, 7) is 1.56. The Balaban J connectivity index is 2.01. The van der Waals surface area contributed by atoms with Gasteiger partial charge in [0, 0.05) is 30.2 Å². The van der Waals surface area contributed by atoms with E-state index in [4.69, 9.17) is 0 Å². The Morgan fingerprint density at radius 1 is 1.53 bits per heavy atom. The summed E-state index contributed by atoms with van der Waals surface area (Å²) in [5, 5.41) is 7.48. The summed E-state index contributed by atoms with van der Waals surface area (Å²) in [7, 11) is 0. The molecular formula is C9H11F2N5S. The molecule has 0 aromatic carbocycles. The molecule has 2 rings (SSSR count). The van der Waals surface area contributed by atoms with Gasteiger partial charge in [0.15, 0.2) is 5.82 Å². The predicted octanol–water partition coefficient (Wildman–Crippen LogP) is 2.31. The minimum atomic E-state index is -2.41. The molecule has 0 aliphatic rings. The van der Waals surface area contributed by atoms with E-state index in [-0.39, 0.29) is 0 Å². The van der Waals surface area contributed by atoms with Crippen LogP contribution in [0.25, 0.3) is 0 Å². The summed E-state index contributed by atoms with van der Waals surface area (Å²) < 4.78 is 29.5. The summed E-state index contributed by atoms with van der Waals surface area (Å²) in [5.41, 5.74) is 0. The summed E-state index contributed by atoms with van der Waals surface area (Å²) in [6, 6.07) is 1.62. The third kappa shape index (κ3) is 3.19. The fourth-order valence-electron chi connectivity index (χ4n) is 1.23. The van der Waals surface area contributed by atoms with Gasteiger partial charge in [-0.1, -0.05) is 6.92 Å². The molecule has 0 spiro atoms. The summed E-state index contributed by atoms with van der Waals surface area (Å²) >= 11 is 1.22. The molecular weight excluding hydrogens is 248 g/mol. The van der Waals surface area contributed by atoms with Crippen molar-refractivity contribution in [3.63, 3.8) is 0 Å². The zero-order valence-electron chi connectivity index (χ0n) is 9.10. The highest BCUT2D eigenvalue weighted by Gasteiger charge is 2.07. The second-order valence-electron chi connectivity index (χ2n) is 3.31. The first-order chi connectivity index (χ1) is 8.17. The molecule has 0 aliphatic heterocycles. The molecule has 0 bridgehead atoms. The van der Waals surface area contributed by atoms with Gasteiger partial charge in [0.2, 0.25) is 5.13 Å². The van der Waals surface area contributed by atoms with E-state index in [1.807, 2.05) is 6.92 Å². The van der Waals surface area contributed by atoms with E-state index in [2.05, 4.69) is 19.8 Å². The molecule has 0 fully saturated rings. The Morgan fingerprint density at radius 2 is 2.35 bits per heavy atom. The van der Waals surface area contributed by atoms with Crippen molar-refractivity contribution in [2.75, 3.05) is 5.32 Å². The topological polar surface area (TPSA) is 55.6 Å². The minimum absolute atomic E-state index is 0.405. The standard InChI is InChI=1S/C9H11F2N5S/c1-2-7-12-9(17-15-7)13-8-3-4-16(14-8)5-6(10)11/h3-4,6H,2,5H2,1H3,(H,12,13,14,15). The highest BCUT2D eigenvalue weighted by atomic mass is 32.1. The number of alkyl halides is 2. The number of anilines is 2. The van der Waals surface area contributed by atoms with Crippen molar-refractivity contribution in [3.8, 4) is 0 Å². The Kier molecular flexibility index (Phi) is 3.62. The molecule has 1 N–H and O–H groups in total. The van der Waals surface area contributed by atoms with Gasteiger partial charge in [-0.15, -0.1) is 0 Å². The molecule has 0 saturated heterocycles. The molecule has 0 saturated carbocycles. The average molecular weight is 259 g/mol. The van der Waals surface area contributed by atoms with Crippen LogP contribution in [-0.2, 0) is 13.0 Å². The lowest BCUT2D eigenvalue weighted by Crippen LogP contribution is -2.07. The number of nitrogens with zero attached hydrogens (tertiary/aromatic N) is 4. The zero-order chi connectivity index (χ0) is 12.3. The van der Waals surface area contributed by atoms with Crippen LogP contribution in [0, 0.1) is 0 Å². The van der Waals surface area contributed by atoms with Crippen molar-refractivity contribution >= 4 is 22.5 Å². The van der Waals surface area contributed by atoms with E-state index in [0.29, 0.717) is 10.9 Å². The monoisotopic (exact) mass is 259 g/mol. The Morgan fingerprint density at radius 3 is 3.00 bits per heavy atom. The van der Waals surface area contributed by atoms with Crippen molar-refractivity contribution in [1.82, 2.24) is 19.1 Å². The molecule has 0 unspecified atom stereocenters. The zero-order valence-corrected chi connectivity index (χ0v) is 9.92. The van der Waals surface area contributed by atoms with E-state index >= 15 is 0 Å². The normalized spacial score (nSPS) is 11.1. The van der Waals surface area contributed by atoms with E-state index in [0.717, 1.165) is 12.2 Å². The van der Waals surface area contributed by atoms with Gasteiger partial charge < -0.3 is 5.32 Å². The summed E-state index contributed by atoms with van der Waals surface area (Å²) in [6.07, 6.45) is -0.148. The highest BCUT2D eigenvalue weighted by Crippen LogP contribution is 2.17. The van der Waals surface area contributed by atoms with Gasteiger partial charge in [-0.2, -0.15) is 9.47 Å². The molecule has 2 aromatic rings. The van der Waals surface area contributed by atoms with Crippen LogP contribution < -0.4 is 5.32 Å². The van der Waals surface area contributed by atoms with Crippen LogP contribution in [-0.4, -0.2) is 25.6 Å². The van der Waals surface area contributed by atoms with E-state index in [9.17, 15) is 8.78 Å². The first-order valence-electron chi connectivity index (χ1n) is 5.08. The van der Waals surface area contributed by atoms with Crippen LogP contribution in [0.4, 0.5) is 19.7 Å². The molecule has 2 aromatic heterocycles. The summed E-state index contributed by atoms with van der Waals surface area (Å²) in [5.74, 6) is 1.24. The fourth-order valence-corrected chi connectivity index (χ4v) is 1.89. The molecule has 5 nitrogen and oxygen atoms in total. The van der Waals surface area contributed by atoms with Crippen molar-refractivity contribution in [3.05, 3.63) is 18.1 Å². The maximum atomic E-state index is 12.1. The van der Waals surface area contributed by atoms with E-state index in [1.165, 1.54) is 22.4 Å². The fraction of sp³-hybridized carbons (Fsp3) is 0.444. The molecule has 0 amide bonds. The Hall–Kier alpha value is -1.57. The van der Waals surface area contributed by atoms with Crippen molar-refractivity contribution in [1.29, 1.82) is 0 Å². The average Bonchev–Trinajstić information content (AvgIpc) is 2.88. The SMILES string of the molecule is CCc1nsc(Nc2ccn(CC(F)F)n2)n1. The molecule has 0 radical (unpaired) electrons. The quantitative estimate of drug-likeness (QED) is 0.895. The number of hydrogen-bond acceptors (Lipinski definition) is 5. The second kappa shape index (κ2) is 5.17. The van der Waals surface area contributed by atoms with Crippen molar-refractivity contribution in [2.45, 2.75) is 26.3 Å². The number of nitrogens with one attached hydrogen (secondary N) is 1. The lowest BCUT2D eigenvalue weighted by Gasteiger charge is -1.99. The van der Waals surface area contributed by atoms with Gasteiger partial charge in [-0.25, -0.2) is 13.8 Å². The maximum Gasteiger partial charge on any atom is 0.257 e. The van der Waals surface area contributed by atoms with Gasteiger partial charge in [-0.05, 0) is 0 Å². The molecule has 2 heterocycles. The van der Waals surface area contributed by atoms with Gasteiger partial charge in [-0.3, -0.25) is 4.68 Å². The summed E-state index contributed by atoms with van der Waals surface area (Å²) in [4.78, 5) is 4.19. The lowest BCUT2D eigenvalue weighted by atomic mass is 10.5. The van der Waals surface area contributed by atoms with Crippen LogP contribution in [0.2, 0.25) is 0 Å². The maximum absolute atomic E-state index is 12.1. The third-order valence-corrected chi connectivity index (χ3v) is 2.65. The largest absolute Gasteiger partial charge is 0.313 e. The molecule has 0 atom stereocenters.